The molecule has 0 aromatic rings. The number of nitrogens with zero attached hydrogens (tertiary/aromatic N) is 5. The third-order valence-corrected chi connectivity index (χ3v) is 6.68. The first-order chi connectivity index (χ1) is 11.6. The Morgan fingerprint density at radius 2 is 1.83 bits per heavy atom. The van der Waals surface area contributed by atoms with Gasteiger partial charge in [-0.3, -0.25) is 9.80 Å². The summed E-state index contributed by atoms with van der Waals surface area (Å²) in [5.41, 5.74) is 0.400. The van der Waals surface area contributed by atoms with Crippen molar-refractivity contribution in [2.24, 2.45) is 5.41 Å². The van der Waals surface area contributed by atoms with Crippen LogP contribution >= 0.6 is 0 Å². The second-order valence-corrected chi connectivity index (χ2v) is 8.35. The van der Waals surface area contributed by atoms with Gasteiger partial charge in [0.1, 0.15) is 0 Å². The summed E-state index contributed by atoms with van der Waals surface area (Å²) in [7, 11) is 0. The van der Waals surface area contributed by atoms with Crippen LogP contribution < -0.4 is 0 Å². The van der Waals surface area contributed by atoms with Crippen molar-refractivity contribution in [3.8, 4) is 12.3 Å². The Labute approximate surface area is 146 Å². The summed E-state index contributed by atoms with van der Waals surface area (Å²) < 4.78 is 0. The zero-order chi connectivity index (χ0) is 17.2. The van der Waals surface area contributed by atoms with E-state index in [1.54, 1.807) is 0 Å². The second kappa shape index (κ2) is 7.30. The summed E-state index contributed by atoms with van der Waals surface area (Å²) >= 11 is 0. The lowest BCUT2D eigenvalue weighted by Crippen LogP contribution is -2.58. The molecule has 5 nitrogen and oxygen atoms in total. The highest BCUT2D eigenvalue weighted by molar-refractivity contribution is 5.00. The number of hydrogen-bond acceptors (Lipinski definition) is 5. The molecule has 3 fully saturated rings. The van der Waals surface area contributed by atoms with Crippen LogP contribution in [0.4, 0.5) is 0 Å². The van der Waals surface area contributed by atoms with Gasteiger partial charge in [0, 0.05) is 50.8 Å². The van der Waals surface area contributed by atoms with Crippen LogP contribution in [0, 0.1) is 28.2 Å². The van der Waals surface area contributed by atoms with E-state index >= 15 is 0 Å². The number of nitriles is 2. The summed E-state index contributed by atoms with van der Waals surface area (Å²) in [6.45, 7) is 9.70. The predicted molar refractivity (Wildman–Crippen MR) is 93.9 cm³/mol. The molecular formula is C19H31N5. The highest BCUT2D eigenvalue weighted by atomic mass is 15.3. The van der Waals surface area contributed by atoms with Gasteiger partial charge in [-0.15, -0.1) is 0 Å². The van der Waals surface area contributed by atoms with Gasteiger partial charge in [-0.05, 0) is 51.4 Å². The predicted octanol–water partition coefficient (Wildman–Crippen LogP) is 2.41. The van der Waals surface area contributed by atoms with Crippen molar-refractivity contribution >= 4 is 0 Å². The van der Waals surface area contributed by atoms with E-state index < -0.39 is 0 Å². The molecule has 0 N–H and O–H groups in total. The first kappa shape index (κ1) is 17.5. The molecule has 24 heavy (non-hydrogen) atoms. The Morgan fingerprint density at radius 1 is 1.08 bits per heavy atom. The monoisotopic (exact) mass is 329 g/mol. The lowest BCUT2D eigenvalue weighted by Gasteiger charge is -2.49. The summed E-state index contributed by atoms with van der Waals surface area (Å²) in [6, 6.07) is 4.02. The van der Waals surface area contributed by atoms with Gasteiger partial charge in [0.05, 0.1) is 12.5 Å². The van der Waals surface area contributed by atoms with Gasteiger partial charge >= 0.3 is 0 Å². The van der Waals surface area contributed by atoms with Crippen LogP contribution in [0.3, 0.4) is 0 Å². The maximum absolute atomic E-state index is 9.25. The lowest BCUT2D eigenvalue weighted by molar-refractivity contribution is 0.00222. The minimum Gasteiger partial charge on any atom is -0.310 e. The average Bonchev–Trinajstić information content (AvgIpc) is 2.99. The zero-order valence-electron chi connectivity index (χ0n) is 15.2. The lowest BCUT2D eigenvalue weighted by atomic mass is 9.71. The molecule has 3 rings (SSSR count). The normalized spacial score (nSPS) is 35.3. The van der Waals surface area contributed by atoms with Gasteiger partial charge in [0.25, 0.3) is 0 Å². The van der Waals surface area contributed by atoms with Crippen molar-refractivity contribution in [3.05, 3.63) is 0 Å². The molecule has 3 aliphatic rings. The number of piperazine rings is 1. The van der Waals surface area contributed by atoms with Crippen LogP contribution in [0.1, 0.15) is 52.4 Å². The van der Waals surface area contributed by atoms with Crippen LogP contribution in [0.5, 0.6) is 0 Å². The molecule has 0 amide bonds. The fourth-order valence-electron chi connectivity index (χ4n) is 5.11. The van der Waals surface area contributed by atoms with Gasteiger partial charge < -0.3 is 4.90 Å². The van der Waals surface area contributed by atoms with Crippen molar-refractivity contribution in [2.75, 3.05) is 32.7 Å². The fourth-order valence-corrected chi connectivity index (χ4v) is 5.11. The maximum Gasteiger partial charge on any atom is 0.179 e. The number of likely N-dealkylation sites (tertiary alicyclic amines) is 1. The zero-order valence-corrected chi connectivity index (χ0v) is 15.2. The summed E-state index contributed by atoms with van der Waals surface area (Å²) in [4.78, 5) is 7.11. The first-order valence-corrected chi connectivity index (χ1v) is 9.58. The molecule has 2 heterocycles. The van der Waals surface area contributed by atoms with Crippen molar-refractivity contribution in [1.82, 2.24) is 14.7 Å². The van der Waals surface area contributed by atoms with Crippen LogP contribution in [0.2, 0.25) is 0 Å². The Balaban J connectivity index is 1.59. The van der Waals surface area contributed by atoms with E-state index in [1.807, 2.05) is 4.90 Å². The number of hydrogen-bond donors (Lipinski definition) is 0. The van der Waals surface area contributed by atoms with E-state index in [4.69, 9.17) is 5.26 Å². The van der Waals surface area contributed by atoms with Crippen molar-refractivity contribution in [3.63, 3.8) is 0 Å². The van der Waals surface area contributed by atoms with Crippen molar-refractivity contribution < 1.29 is 0 Å². The standard InChI is InChI=1S/C19H31N5/c1-16(2)23-11-12-24(18(13-23)5-9-20)17-3-6-19(7-4-17)8-10-22(14-19)15-21/h16-18H,3-8,10-14H2,1-2H3/t17?,18-,19?/m0/s1. The molecule has 0 radical (unpaired) electrons. The Morgan fingerprint density at radius 3 is 2.42 bits per heavy atom. The molecule has 5 heteroatoms. The van der Waals surface area contributed by atoms with Crippen LogP contribution in [-0.2, 0) is 0 Å². The topological polar surface area (TPSA) is 57.3 Å². The van der Waals surface area contributed by atoms with E-state index in [0.29, 0.717) is 30.0 Å². The first-order valence-electron chi connectivity index (χ1n) is 9.58. The van der Waals surface area contributed by atoms with Crippen molar-refractivity contribution in [1.29, 1.82) is 10.5 Å². The molecule has 1 spiro atoms. The van der Waals surface area contributed by atoms with E-state index in [1.165, 1.54) is 32.1 Å². The summed E-state index contributed by atoms with van der Waals surface area (Å²) in [6.07, 6.45) is 9.14. The van der Waals surface area contributed by atoms with Crippen LogP contribution in [0.25, 0.3) is 0 Å². The third kappa shape index (κ3) is 3.53. The van der Waals surface area contributed by atoms with E-state index in [-0.39, 0.29) is 0 Å². The van der Waals surface area contributed by atoms with E-state index in [9.17, 15) is 5.26 Å². The minimum atomic E-state index is 0.393. The molecule has 0 unspecified atom stereocenters. The van der Waals surface area contributed by atoms with Gasteiger partial charge in [-0.25, -0.2) is 0 Å². The van der Waals surface area contributed by atoms with Gasteiger partial charge in [-0.1, -0.05) is 0 Å². The fraction of sp³-hybridized carbons (Fsp3) is 0.895. The maximum atomic E-state index is 9.25. The molecule has 132 valence electrons. The SMILES string of the molecule is CC(C)N1CCN(C2CCC3(CC2)CCN(C#N)C3)[C@@H](CC#N)C1. The minimum absolute atomic E-state index is 0.393. The molecule has 0 aromatic heterocycles. The molecule has 1 atom stereocenters. The van der Waals surface area contributed by atoms with Gasteiger partial charge in [-0.2, -0.15) is 10.5 Å². The summed E-state index contributed by atoms with van der Waals surface area (Å²) in [5, 5.41) is 18.4. The molecular weight excluding hydrogens is 298 g/mol. The molecule has 2 aliphatic heterocycles. The van der Waals surface area contributed by atoms with Crippen LogP contribution in [0.15, 0.2) is 0 Å². The Hall–Kier alpha value is -1.30. The van der Waals surface area contributed by atoms with E-state index in [0.717, 1.165) is 32.7 Å². The quantitative estimate of drug-likeness (QED) is 0.744. The Bertz CT molecular complexity index is 509. The van der Waals surface area contributed by atoms with Gasteiger partial charge in [0.2, 0.25) is 0 Å². The molecule has 1 aliphatic carbocycles. The summed E-state index contributed by atoms with van der Waals surface area (Å²) in [5.74, 6) is 0. The molecule has 1 saturated carbocycles. The number of rotatable bonds is 3. The molecule has 2 saturated heterocycles. The van der Waals surface area contributed by atoms with Gasteiger partial charge in [0.15, 0.2) is 6.19 Å². The van der Waals surface area contributed by atoms with E-state index in [2.05, 4.69) is 35.9 Å². The highest BCUT2D eigenvalue weighted by Crippen LogP contribution is 2.45. The third-order valence-electron chi connectivity index (χ3n) is 6.68. The highest BCUT2D eigenvalue weighted by Gasteiger charge is 2.43. The Kier molecular flexibility index (Phi) is 5.33. The van der Waals surface area contributed by atoms with Crippen molar-refractivity contribution in [2.45, 2.75) is 70.5 Å². The molecule has 0 aromatic carbocycles. The smallest absolute Gasteiger partial charge is 0.179 e. The average molecular weight is 329 g/mol. The largest absolute Gasteiger partial charge is 0.310 e. The molecule has 0 bridgehead atoms. The second-order valence-electron chi connectivity index (χ2n) is 8.35. The van der Waals surface area contributed by atoms with Crippen LogP contribution in [-0.4, -0.2) is 65.5 Å².